The molecule has 1 saturated heterocycles. The van der Waals surface area contributed by atoms with E-state index in [9.17, 15) is 24.5 Å². The standard InChI is InChI=1S/C26H28N6O6S/c1-30(24-21(32(36)37)4-3-13-27-24)29-25(35)20-16-39-26(28-20)18-11-14-31(15-12-18)23(34)10-9-22(33)17-5-7-19(38-2)8-6-17/h3-8,13,16,18H,9-12,14-15H2,1-2H3,(H,29,35). The van der Waals surface area contributed by atoms with Gasteiger partial charge in [0.1, 0.15) is 11.4 Å². The molecule has 39 heavy (non-hydrogen) atoms. The molecule has 0 unspecified atom stereocenters. The topological polar surface area (TPSA) is 148 Å². The predicted molar refractivity (Wildman–Crippen MR) is 144 cm³/mol. The number of amides is 2. The summed E-state index contributed by atoms with van der Waals surface area (Å²) in [5, 5.41) is 14.9. The number of likely N-dealkylation sites (tertiary alicyclic amines) is 1. The Hall–Kier alpha value is -4.39. The van der Waals surface area contributed by atoms with Gasteiger partial charge in [-0.1, -0.05) is 0 Å². The van der Waals surface area contributed by atoms with Crippen LogP contribution >= 0.6 is 11.3 Å². The van der Waals surface area contributed by atoms with E-state index in [4.69, 9.17) is 4.74 Å². The highest BCUT2D eigenvalue weighted by Crippen LogP contribution is 2.31. The Morgan fingerprint density at radius 2 is 1.90 bits per heavy atom. The lowest BCUT2D eigenvalue weighted by Gasteiger charge is -2.31. The van der Waals surface area contributed by atoms with E-state index in [0.29, 0.717) is 37.2 Å². The minimum Gasteiger partial charge on any atom is -0.497 e. The first-order valence-electron chi connectivity index (χ1n) is 12.3. The molecule has 1 aliphatic heterocycles. The van der Waals surface area contributed by atoms with Crippen LogP contribution in [0.3, 0.4) is 0 Å². The van der Waals surface area contributed by atoms with Gasteiger partial charge in [-0.3, -0.25) is 34.9 Å². The average molecular weight is 553 g/mol. The number of benzene rings is 1. The summed E-state index contributed by atoms with van der Waals surface area (Å²) in [4.78, 5) is 58.8. The molecule has 0 radical (unpaired) electrons. The molecule has 13 heteroatoms. The monoisotopic (exact) mass is 552 g/mol. The number of methoxy groups -OCH3 is 1. The number of Topliss-reactive ketones (excluding diaryl/α,β-unsaturated/α-hetero) is 1. The number of piperidine rings is 1. The zero-order valence-electron chi connectivity index (χ0n) is 21.5. The largest absolute Gasteiger partial charge is 0.497 e. The number of carbonyl (C=O) groups excluding carboxylic acids is 3. The van der Waals surface area contributed by atoms with Crippen LogP contribution in [0.15, 0.2) is 48.0 Å². The van der Waals surface area contributed by atoms with Crippen molar-refractivity contribution >= 4 is 40.4 Å². The van der Waals surface area contributed by atoms with Gasteiger partial charge >= 0.3 is 5.69 Å². The van der Waals surface area contributed by atoms with Gasteiger partial charge in [0.15, 0.2) is 5.78 Å². The third-order valence-electron chi connectivity index (χ3n) is 6.48. The molecule has 3 aromatic rings. The first-order valence-corrected chi connectivity index (χ1v) is 13.2. The molecule has 1 N–H and O–H groups in total. The maximum absolute atomic E-state index is 12.7. The van der Waals surface area contributed by atoms with Crippen LogP contribution < -0.4 is 15.2 Å². The van der Waals surface area contributed by atoms with E-state index in [0.717, 1.165) is 5.01 Å². The number of ketones is 1. The van der Waals surface area contributed by atoms with Gasteiger partial charge in [-0.05, 0) is 43.2 Å². The Kier molecular flexibility index (Phi) is 8.81. The highest BCUT2D eigenvalue weighted by atomic mass is 32.1. The molecule has 4 rings (SSSR count). The molecular weight excluding hydrogens is 524 g/mol. The summed E-state index contributed by atoms with van der Waals surface area (Å²) in [7, 11) is 3.03. The van der Waals surface area contributed by atoms with Crippen LogP contribution in [0.2, 0.25) is 0 Å². The van der Waals surface area contributed by atoms with Gasteiger partial charge in [0.2, 0.25) is 11.7 Å². The highest BCUT2D eigenvalue weighted by molar-refractivity contribution is 7.09. The molecule has 2 aromatic heterocycles. The first kappa shape index (κ1) is 27.6. The van der Waals surface area contributed by atoms with E-state index in [1.165, 1.54) is 41.7 Å². The molecular formula is C26H28N6O6S. The summed E-state index contributed by atoms with van der Waals surface area (Å²) < 4.78 is 5.10. The van der Waals surface area contributed by atoms with Crippen molar-refractivity contribution in [2.75, 3.05) is 32.3 Å². The Morgan fingerprint density at radius 1 is 1.18 bits per heavy atom. The number of pyridine rings is 1. The van der Waals surface area contributed by atoms with Crippen LogP contribution in [0.1, 0.15) is 57.5 Å². The number of thiazole rings is 1. The van der Waals surface area contributed by atoms with Gasteiger partial charge in [-0.2, -0.15) is 0 Å². The molecule has 204 valence electrons. The molecule has 0 saturated carbocycles. The summed E-state index contributed by atoms with van der Waals surface area (Å²) in [6.45, 7) is 1.10. The summed E-state index contributed by atoms with van der Waals surface area (Å²) >= 11 is 1.37. The van der Waals surface area contributed by atoms with E-state index in [2.05, 4.69) is 15.4 Å². The number of hydrogen-bond donors (Lipinski definition) is 1. The number of aromatic nitrogens is 2. The molecule has 2 amide bonds. The highest BCUT2D eigenvalue weighted by Gasteiger charge is 2.27. The van der Waals surface area contributed by atoms with Gasteiger partial charge < -0.3 is 9.64 Å². The van der Waals surface area contributed by atoms with Gasteiger partial charge in [0.05, 0.1) is 17.0 Å². The number of nitrogens with zero attached hydrogens (tertiary/aromatic N) is 5. The first-order chi connectivity index (χ1) is 18.8. The number of anilines is 1. The summed E-state index contributed by atoms with van der Waals surface area (Å²) in [5.74, 6) is 0.139. The number of carbonyl (C=O) groups is 3. The second-order valence-electron chi connectivity index (χ2n) is 8.98. The maximum Gasteiger partial charge on any atom is 0.313 e. The minimum absolute atomic E-state index is 0.00837. The molecule has 0 spiro atoms. The van der Waals surface area contributed by atoms with Crippen molar-refractivity contribution in [1.29, 1.82) is 0 Å². The fourth-order valence-corrected chi connectivity index (χ4v) is 5.28. The zero-order valence-corrected chi connectivity index (χ0v) is 22.3. The van der Waals surface area contributed by atoms with Gasteiger partial charge in [0.25, 0.3) is 5.91 Å². The van der Waals surface area contributed by atoms with Crippen molar-refractivity contribution in [2.45, 2.75) is 31.6 Å². The second-order valence-corrected chi connectivity index (χ2v) is 9.87. The minimum atomic E-state index is -0.568. The number of ether oxygens (including phenoxy) is 1. The lowest BCUT2D eigenvalue weighted by molar-refractivity contribution is -0.384. The van der Waals surface area contributed by atoms with Crippen LogP contribution in [-0.2, 0) is 4.79 Å². The molecule has 0 atom stereocenters. The van der Waals surface area contributed by atoms with Crippen LogP contribution in [0.5, 0.6) is 5.75 Å². The van der Waals surface area contributed by atoms with Crippen LogP contribution in [0.4, 0.5) is 11.5 Å². The summed E-state index contributed by atoms with van der Waals surface area (Å²) in [5.41, 5.74) is 3.10. The van der Waals surface area contributed by atoms with Crippen LogP contribution in [0, 0.1) is 10.1 Å². The van der Waals surface area contributed by atoms with Crippen molar-refractivity contribution in [3.05, 3.63) is 74.4 Å². The molecule has 1 aliphatic rings. The number of nitrogens with one attached hydrogen (secondary N) is 1. The van der Waals surface area contributed by atoms with Gasteiger partial charge in [-0.15, -0.1) is 11.3 Å². The normalized spacial score (nSPS) is 13.5. The van der Waals surface area contributed by atoms with E-state index < -0.39 is 10.8 Å². The number of hydrazine groups is 1. The maximum atomic E-state index is 12.7. The second kappa shape index (κ2) is 12.4. The van der Waals surface area contributed by atoms with Crippen molar-refractivity contribution in [3.63, 3.8) is 0 Å². The molecule has 1 aromatic carbocycles. The lowest BCUT2D eigenvalue weighted by Crippen LogP contribution is -2.40. The molecule has 3 heterocycles. The summed E-state index contributed by atoms with van der Waals surface area (Å²) in [6.07, 6.45) is 3.10. The average Bonchev–Trinajstić information content (AvgIpc) is 3.46. The quantitative estimate of drug-likeness (QED) is 0.226. The fraction of sp³-hybridized carbons (Fsp3) is 0.346. The predicted octanol–water partition coefficient (Wildman–Crippen LogP) is 3.61. The zero-order chi connectivity index (χ0) is 27.9. The SMILES string of the molecule is COc1ccc(C(=O)CCC(=O)N2CCC(c3nc(C(=O)NN(C)c4ncccc4[N+](=O)[O-])cs3)CC2)cc1. The van der Waals surface area contributed by atoms with Gasteiger partial charge in [0, 0.05) is 62.1 Å². The smallest absolute Gasteiger partial charge is 0.313 e. The van der Waals surface area contributed by atoms with E-state index in [1.807, 2.05) is 0 Å². The van der Waals surface area contributed by atoms with Crippen molar-refractivity contribution in [1.82, 2.24) is 20.3 Å². The summed E-state index contributed by atoms with van der Waals surface area (Å²) in [6, 6.07) is 9.59. The van der Waals surface area contributed by atoms with Crippen LogP contribution in [0.25, 0.3) is 0 Å². The Morgan fingerprint density at radius 3 is 2.56 bits per heavy atom. The molecule has 1 fully saturated rings. The Labute approximate surface area is 228 Å². The Balaban J connectivity index is 1.26. The molecule has 0 aliphatic carbocycles. The molecule has 0 bridgehead atoms. The van der Waals surface area contributed by atoms with E-state index >= 15 is 0 Å². The number of rotatable bonds is 10. The van der Waals surface area contributed by atoms with Crippen molar-refractivity contribution in [3.8, 4) is 5.75 Å². The third-order valence-corrected chi connectivity index (χ3v) is 7.49. The number of nitro groups is 1. The van der Waals surface area contributed by atoms with Gasteiger partial charge in [-0.25, -0.2) is 9.97 Å². The fourth-order valence-electron chi connectivity index (χ4n) is 4.31. The number of hydrogen-bond acceptors (Lipinski definition) is 10. The van der Waals surface area contributed by atoms with Crippen molar-refractivity contribution in [2.24, 2.45) is 0 Å². The lowest BCUT2D eigenvalue weighted by atomic mass is 9.97. The third kappa shape index (κ3) is 6.74. The Bertz CT molecular complexity index is 1350. The van der Waals surface area contributed by atoms with E-state index in [1.54, 1.807) is 41.7 Å². The molecule has 12 nitrogen and oxygen atoms in total. The van der Waals surface area contributed by atoms with E-state index in [-0.39, 0.29) is 47.6 Å². The van der Waals surface area contributed by atoms with Crippen LogP contribution in [-0.4, -0.2) is 64.6 Å². The van der Waals surface area contributed by atoms with Crippen molar-refractivity contribution < 1.29 is 24.0 Å².